The minimum atomic E-state index is -0.568. The van der Waals surface area contributed by atoms with Gasteiger partial charge in [0, 0.05) is 0 Å². The maximum atomic E-state index is 10.8. The molecule has 0 aromatic carbocycles. The Labute approximate surface area is 85.4 Å². The van der Waals surface area contributed by atoms with Crippen LogP contribution in [0.15, 0.2) is 15.3 Å². The van der Waals surface area contributed by atoms with E-state index >= 15 is 0 Å². The molecule has 0 atom stereocenters. The molecule has 6 heteroatoms. The summed E-state index contributed by atoms with van der Waals surface area (Å²) in [5.41, 5.74) is 2.23. The van der Waals surface area contributed by atoms with Crippen LogP contribution in [0.1, 0.15) is 18.3 Å². The van der Waals surface area contributed by atoms with Crippen LogP contribution in [0, 0.1) is 6.92 Å². The van der Waals surface area contributed by atoms with Crippen LogP contribution in [-0.4, -0.2) is 20.4 Å². The monoisotopic (exact) mass is 206 g/mol. The average Bonchev–Trinajstić information content (AvgIpc) is 2.65. The highest BCUT2D eigenvalue weighted by Gasteiger charge is 2.11. The summed E-state index contributed by atoms with van der Waals surface area (Å²) >= 11 is 0. The number of nitrogens with one attached hydrogen (secondary N) is 1. The van der Waals surface area contributed by atoms with Crippen molar-refractivity contribution in [3.8, 4) is 11.5 Å². The molecule has 0 aliphatic carbocycles. The van der Waals surface area contributed by atoms with E-state index < -0.39 is 5.76 Å². The van der Waals surface area contributed by atoms with E-state index in [1.807, 2.05) is 13.8 Å². The van der Waals surface area contributed by atoms with Crippen LogP contribution in [-0.2, 0) is 6.42 Å². The van der Waals surface area contributed by atoms with Crippen LogP contribution in [0.25, 0.3) is 11.5 Å². The van der Waals surface area contributed by atoms with E-state index in [4.69, 9.17) is 4.42 Å². The van der Waals surface area contributed by atoms with Gasteiger partial charge in [-0.1, -0.05) is 6.92 Å². The molecule has 78 valence electrons. The van der Waals surface area contributed by atoms with Gasteiger partial charge in [-0.25, -0.2) is 9.89 Å². The predicted octanol–water partition coefficient (Wildman–Crippen LogP) is 0.691. The zero-order valence-corrected chi connectivity index (χ0v) is 8.44. The lowest BCUT2D eigenvalue weighted by Crippen LogP contribution is -1.97. The molecule has 2 heterocycles. The summed E-state index contributed by atoms with van der Waals surface area (Å²) in [4.78, 5) is 10.8. The van der Waals surface area contributed by atoms with Gasteiger partial charge in [0.15, 0.2) is 0 Å². The number of aromatic amines is 1. The van der Waals surface area contributed by atoms with Crippen LogP contribution >= 0.6 is 0 Å². The van der Waals surface area contributed by atoms with Gasteiger partial charge in [-0.05, 0) is 19.4 Å². The molecule has 0 saturated heterocycles. The van der Waals surface area contributed by atoms with Crippen LogP contribution in [0.3, 0.4) is 0 Å². The number of H-pyrrole nitrogens is 1. The molecule has 0 spiro atoms. The van der Waals surface area contributed by atoms with Gasteiger partial charge in [0.25, 0.3) is 5.89 Å². The molecule has 2 aromatic heterocycles. The van der Waals surface area contributed by atoms with Crippen LogP contribution in [0.4, 0.5) is 0 Å². The highest BCUT2D eigenvalue weighted by atomic mass is 16.4. The summed E-state index contributed by atoms with van der Waals surface area (Å²) in [6, 6.07) is 1.80. The zero-order chi connectivity index (χ0) is 10.8. The van der Waals surface area contributed by atoms with Gasteiger partial charge in [-0.3, -0.25) is 0 Å². The second kappa shape index (κ2) is 3.64. The molecule has 2 rings (SSSR count). The largest absolute Gasteiger partial charge is 0.434 e. The van der Waals surface area contributed by atoms with Gasteiger partial charge in [0.05, 0.1) is 17.0 Å². The summed E-state index contributed by atoms with van der Waals surface area (Å²) in [5, 5.41) is 13.9. The smallest absolute Gasteiger partial charge is 0.388 e. The first-order valence-electron chi connectivity index (χ1n) is 4.59. The third kappa shape index (κ3) is 1.78. The van der Waals surface area contributed by atoms with Gasteiger partial charge in [0.1, 0.15) is 0 Å². The van der Waals surface area contributed by atoms with E-state index in [9.17, 15) is 4.79 Å². The van der Waals surface area contributed by atoms with E-state index in [0.29, 0.717) is 12.0 Å². The summed E-state index contributed by atoms with van der Waals surface area (Å²) < 4.78 is 4.88. The quantitative estimate of drug-likeness (QED) is 0.781. The topological polar surface area (TPSA) is 84.7 Å². The van der Waals surface area contributed by atoms with Crippen molar-refractivity contribution >= 4 is 0 Å². The van der Waals surface area contributed by atoms with Gasteiger partial charge < -0.3 is 4.42 Å². The maximum Gasteiger partial charge on any atom is 0.434 e. The Morgan fingerprint density at radius 3 is 2.87 bits per heavy atom. The predicted molar refractivity (Wildman–Crippen MR) is 52.3 cm³/mol. The average molecular weight is 206 g/mol. The lowest BCUT2D eigenvalue weighted by atomic mass is 10.1. The van der Waals surface area contributed by atoms with Crippen molar-refractivity contribution < 1.29 is 4.42 Å². The Bertz CT molecular complexity index is 529. The summed E-state index contributed by atoms with van der Waals surface area (Å²) in [7, 11) is 0. The molecule has 0 aliphatic heterocycles. The summed E-state index contributed by atoms with van der Waals surface area (Å²) in [6.45, 7) is 3.77. The Balaban J connectivity index is 2.59. The van der Waals surface area contributed by atoms with Crippen molar-refractivity contribution in [3.05, 3.63) is 28.0 Å². The van der Waals surface area contributed by atoms with E-state index in [1.54, 1.807) is 6.07 Å². The summed E-state index contributed by atoms with van der Waals surface area (Å²) in [6.07, 6.45) is 0.708. The van der Waals surface area contributed by atoms with Gasteiger partial charge >= 0.3 is 5.76 Å². The van der Waals surface area contributed by atoms with Gasteiger partial charge in [-0.2, -0.15) is 10.2 Å². The van der Waals surface area contributed by atoms with E-state index in [1.165, 1.54) is 0 Å². The zero-order valence-electron chi connectivity index (χ0n) is 8.44. The first kappa shape index (κ1) is 9.57. The first-order valence-corrected chi connectivity index (χ1v) is 4.59. The number of aromatic nitrogens is 4. The standard InChI is InChI=1S/C9H10N4O2/c1-3-7-6(4-5(2)10-11-7)8-12-13-9(14)15-8/h4H,3H2,1-2H3,(H,13,14). The molecule has 1 N–H and O–H groups in total. The first-order chi connectivity index (χ1) is 7.20. The Morgan fingerprint density at radius 2 is 2.27 bits per heavy atom. The van der Waals surface area contributed by atoms with Crippen LogP contribution in [0.5, 0.6) is 0 Å². The fourth-order valence-corrected chi connectivity index (χ4v) is 1.31. The third-order valence-corrected chi connectivity index (χ3v) is 2.00. The number of nitrogens with zero attached hydrogens (tertiary/aromatic N) is 3. The normalized spacial score (nSPS) is 10.5. The molecule has 0 amide bonds. The Kier molecular flexibility index (Phi) is 2.32. The van der Waals surface area contributed by atoms with E-state index in [-0.39, 0.29) is 5.89 Å². The van der Waals surface area contributed by atoms with Gasteiger partial charge in [0.2, 0.25) is 0 Å². The van der Waals surface area contributed by atoms with Crippen molar-refractivity contribution in [2.24, 2.45) is 0 Å². The molecule has 6 nitrogen and oxygen atoms in total. The fraction of sp³-hybridized carbons (Fsp3) is 0.333. The maximum absolute atomic E-state index is 10.8. The number of hydrogen-bond acceptors (Lipinski definition) is 5. The lowest BCUT2D eigenvalue weighted by molar-refractivity contribution is 0.525. The lowest BCUT2D eigenvalue weighted by Gasteiger charge is -2.01. The molecule has 0 radical (unpaired) electrons. The molecule has 0 fully saturated rings. The fourth-order valence-electron chi connectivity index (χ4n) is 1.31. The molecule has 0 saturated carbocycles. The molecule has 0 unspecified atom stereocenters. The molecule has 0 aliphatic rings. The molecule has 0 bridgehead atoms. The van der Waals surface area contributed by atoms with Crippen LogP contribution < -0.4 is 5.76 Å². The number of hydrogen-bond donors (Lipinski definition) is 1. The summed E-state index contributed by atoms with van der Waals surface area (Å²) in [5.74, 6) is -0.309. The second-order valence-electron chi connectivity index (χ2n) is 3.12. The highest BCUT2D eigenvalue weighted by molar-refractivity contribution is 5.55. The van der Waals surface area contributed by atoms with E-state index in [0.717, 1.165) is 11.4 Å². The number of aryl methyl sites for hydroxylation is 2. The second-order valence-corrected chi connectivity index (χ2v) is 3.12. The van der Waals surface area contributed by atoms with Crippen molar-refractivity contribution in [2.45, 2.75) is 20.3 Å². The van der Waals surface area contributed by atoms with Crippen molar-refractivity contribution in [2.75, 3.05) is 0 Å². The molecule has 2 aromatic rings. The van der Waals surface area contributed by atoms with Crippen molar-refractivity contribution in [1.29, 1.82) is 0 Å². The van der Waals surface area contributed by atoms with Crippen molar-refractivity contribution in [1.82, 2.24) is 20.4 Å². The minimum Gasteiger partial charge on any atom is -0.388 e. The third-order valence-electron chi connectivity index (χ3n) is 2.00. The number of rotatable bonds is 2. The Morgan fingerprint density at radius 1 is 1.47 bits per heavy atom. The molecular weight excluding hydrogens is 196 g/mol. The molecule has 15 heavy (non-hydrogen) atoms. The van der Waals surface area contributed by atoms with E-state index in [2.05, 4.69) is 20.4 Å². The van der Waals surface area contributed by atoms with Crippen LogP contribution in [0.2, 0.25) is 0 Å². The van der Waals surface area contributed by atoms with Gasteiger partial charge in [-0.15, -0.1) is 5.10 Å². The molecular formula is C9H10N4O2. The highest BCUT2D eigenvalue weighted by Crippen LogP contribution is 2.19. The minimum absolute atomic E-state index is 0.259. The SMILES string of the molecule is CCc1nnc(C)cc1-c1n[nH]c(=O)o1. The van der Waals surface area contributed by atoms with Crippen molar-refractivity contribution in [3.63, 3.8) is 0 Å². The Hall–Kier alpha value is -1.98.